The van der Waals surface area contributed by atoms with Gasteiger partial charge in [0.25, 0.3) is 0 Å². The van der Waals surface area contributed by atoms with Gasteiger partial charge in [-0.1, -0.05) is 49.6 Å². The van der Waals surface area contributed by atoms with Crippen LogP contribution in [0.4, 0.5) is 0 Å². The lowest BCUT2D eigenvalue weighted by Gasteiger charge is -2.28. The van der Waals surface area contributed by atoms with Crippen molar-refractivity contribution in [1.82, 2.24) is 5.32 Å². The molecule has 0 aliphatic heterocycles. The Kier molecular flexibility index (Phi) is 5.80. The Hall–Kier alpha value is -1.35. The minimum atomic E-state index is 0.109. The Balaban J connectivity index is 1.91. The number of carbonyl (C=O) groups excluding carboxylic acids is 1. The molecular formula is C18H28N2O. The first-order chi connectivity index (χ1) is 10.1. The summed E-state index contributed by atoms with van der Waals surface area (Å²) in [6.45, 7) is 4.19. The molecule has 0 spiro atoms. The highest BCUT2D eigenvalue weighted by molar-refractivity contribution is 5.76. The Morgan fingerprint density at radius 2 is 1.95 bits per heavy atom. The molecule has 3 unspecified atom stereocenters. The van der Waals surface area contributed by atoms with E-state index in [4.69, 9.17) is 5.73 Å². The highest BCUT2D eigenvalue weighted by Crippen LogP contribution is 2.26. The van der Waals surface area contributed by atoms with E-state index < -0.39 is 0 Å². The molecule has 0 saturated heterocycles. The Bertz CT molecular complexity index is 455. The second-order valence-corrected chi connectivity index (χ2v) is 6.35. The first kappa shape index (κ1) is 16.0. The van der Waals surface area contributed by atoms with Crippen molar-refractivity contribution in [2.75, 3.05) is 0 Å². The normalized spacial score (nSPS) is 23.6. The summed E-state index contributed by atoms with van der Waals surface area (Å²) in [6, 6.07) is 8.72. The van der Waals surface area contributed by atoms with Crippen LogP contribution in [0.1, 0.15) is 62.6 Å². The zero-order chi connectivity index (χ0) is 15.2. The average Bonchev–Trinajstić information content (AvgIpc) is 2.48. The maximum atomic E-state index is 12.3. The third-order valence-corrected chi connectivity index (χ3v) is 4.64. The zero-order valence-electron chi connectivity index (χ0n) is 13.3. The lowest BCUT2D eigenvalue weighted by atomic mass is 9.83. The van der Waals surface area contributed by atoms with Gasteiger partial charge in [-0.3, -0.25) is 4.79 Å². The van der Waals surface area contributed by atoms with E-state index in [2.05, 4.69) is 43.4 Å². The first-order valence-electron chi connectivity index (χ1n) is 8.21. The third-order valence-electron chi connectivity index (χ3n) is 4.64. The molecule has 3 nitrogen and oxygen atoms in total. The SMILES string of the molecule is CCC(NC(=O)CC1CCCCC1N)c1ccc(C)cc1. The summed E-state index contributed by atoms with van der Waals surface area (Å²) in [5, 5.41) is 3.18. The second-order valence-electron chi connectivity index (χ2n) is 6.35. The van der Waals surface area contributed by atoms with Crippen LogP contribution in [0, 0.1) is 12.8 Å². The molecule has 1 fully saturated rings. The molecule has 1 amide bonds. The van der Waals surface area contributed by atoms with Crippen molar-refractivity contribution in [3.63, 3.8) is 0 Å². The van der Waals surface area contributed by atoms with Crippen molar-refractivity contribution in [3.8, 4) is 0 Å². The zero-order valence-corrected chi connectivity index (χ0v) is 13.3. The molecule has 3 N–H and O–H groups in total. The molecule has 2 rings (SSSR count). The molecule has 0 bridgehead atoms. The molecule has 0 aromatic heterocycles. The van der Waals surface area contributed by atoms with E-state index >= 15 is 0 Å². The summed E-state index contributed by atoms with van der Waals surface area (Å²) in [7, 11) is 0. The largest absolute Gasteiger partial charge is 0.349 e. The van der Waals surface area contributed by atoms with Crippen LogP contribution in [0.3, 0.4) is 0 Å². The predicted molar refractivity (Wildman–Crippen MR) is 86.9 cm³/mol. The van der Waals surface area contributed by atoms with E-state index in [1.807, 2.05) is 0 Å². The number of benzene rings is 1. The van der Waals surface area contributed by atoms with Gasteiger partial charge in [-0.25, -0.2) is 0 Å². The van der Waals surface area contributed by atoms with Gasteiger partial charge in [0, 0.05) is 12.5 Å². The van der Waals surface area contributed by atoms with E-state index in [1.54, 1.807) is 0 Å². The summed E-state index contributed by atoms with van der Waals surface area (Å²) in [5.41, 5.74) is 8.57. The molecule has 0 heterocycles. The maximum Gasteiger partial charge on any atom is 0.220 e. The molecule has 1 aromatic carbocycles. The molecule has 1 aliphatic rings. The molecule has 116 valence electrons. The van der Waals surface area contributed by atoms with Gasteiger partial charge in [0.1, 0.15) is 0 Å². The minimum Gasteiger partial charge on any atom is -0.349 e. The average molecular weight is 288 g/mol. The lowest BCUT2D eigenvalue weighted by Crippen LogP contribution is -2.38. The second kappa shape index (κ2) is 7.60. The number of hydrogen-bond acceptors (Lipinski definition) is 2. The minimum absolute atomic E-state index is 0.109. The van der Waals surface area contributed by atoms with Crippen LogP contribution in [-0.2, 0) is 4.79 Å². The van der Waals surface area contributed by atoms with Crippen molar-refractivity contribution in [1.29, 1.82) is 0 Å². The molecule has 3 atom stereocenters. The van der Waals surface area contributed by atoms with E-state index in [1.165, 1.54) is 24.0 Å². The van der Waals surface area contributed by atoms with Gasteiger partial charge in [-0.05, 0) is 37.7 Å². The van der Waals surface area contributed by atoms with Crippen molar-refractivity contribution < 1.29 is 4.79 Å². The predicted octanol–water partition coefficient (Wildman–Crippen LogP) is 3.47. The van der Waals surface area contributed by atoms with Crippen LogP contribution in [0.25, 0.3) is 0 Å². The van der Waals surface area contributed by atoms with E-state index in [0.29, 0.717) is 12.3 Å². The number of rotatable bonds is 5. The number of nitrogens with one attached hydrogen (secondary N) is 1. The van der Waals surface area contributed by atoms with Gasteiger partial charge < -0.3 is 11.1 Å². The van der Waals surface area contributed by atoms with Crippen LogP contribution in [0.15, 0.2) is 24.3 Å². The first-order valence-corrected chi connectivity index (χ1v) is 8.21. The molecular weight excluding hydrogens is 260 g/mol. The van der Waals surface area contributed by atoms with Crippen LogP contribution in [0.5, 0.6) is 0 Å². The smallest absolute Gasteiger partial charge is 0.220 e. The van der Waals surface area contributed by atoms with E-state index in [9.17, 15) is 4.79 Å². The Labute approximate surface area is 128 Å². The summed E-state index contributed by atoms with van der Waals surface area (Å²) in [5.74, 6) is 0.499. The number of amides is 1. The van der Waals surface area contributed by atoms with Gasteiger partial charge in [0.15, 0.2) is 0 Å². The van der Waals surface area contributed by atoms with Gasteiger partial charge in [0.2, 0.25) is 5.91 Å². The topological polar surface area (TPSA) is 55.1 Å². The molecule has 1 saturated carbocycles. The summed E-state index contributed by atoms with van der Waals surface area (Å²) in [4.78, 5) is 12.3. The summed E-state index contributed by atoms with van der Waals surface area (Å²) >= 11 is 0. The molecule has 3 heteroatoms. The van der Waals surface area contributed by atoms with Crippen LogP contribution < -0.4 is 11.1 Å². The lowest BCUT2D eigenvalue weighted by molar-refractivity contribution is -0.123. The number of nitrogens with two attached hydrogens (primary N) is 1. The summed E-state index contributed by atoms with van der Waals surface area (Å²) < 4.78 is 0. The van der Waals surface area contributed by atoms with Crippen molar-refractivity contribution in [2.24, 2.45) is 11.7 Å². The van der Waals surface area contributed by atoms with Gasteiger partial charge in [-0.15, -0.1) is 0 Å². The van der Waals surface area contributed by atoms with E-state index in [-0.39, 0.29) is 18.0 Å². The highest BCUT2D eigenvalue weighted by atomic mass is 16.1. The monoisotopic (exact) mass is 288 g/mol. The Morgan fingerprint density at radius 3 is 2.57 bits per heavy atom. The van der Waals surface area contributed by atoms with Gasteiger partial charge >= 0.3 is 0 Å². The van der Waals surface area contributed by atoms with Crippen molar-refractivity contribution in [2.45, 2.75) is 64.5 Å². The molecule has 21 heavy (non-hydrogen) atoms. The fourth-order valence-electron chi connectivity index (χ4n) is 3.20. The van der Waals surface area contributed by atoms with Gasteiger partial charge in [0.05, 0.1) is 6.04 Å². The Morgan fingerprint density at radius 1 is 1.29 bits per heavy atom. The van der Waals surface area contributed by atoms with Crippen molar-refractivity contribution >= 4 is 5.91 Å². The number of carbonyl (C=O) groups is 1. The molecule has 1 aliphatic carbocycles. The summed E-state index contributed by atoms with van der Waals surface area (Å²) in [6.07, 6.45) is 6.05. The van der Waals surface area contributed by atoms with Crippen LogP contribution in [-0.4, -0.2) is 11.9 Å². The quantitative estimate of drug-likeness (QED) is 0.871. The highest BCUT2D eigenvalue weighted by Gasteiger charge is 2.25. The van der Waals surface area contributed by atoms with Crippen LogP contribution in [0.2, 0.25) is 0 Å². The molecule has 0 radical (unpaired) electrons. The maximum absolute atomic E-state index is 12.3. The van der Waals surface area contributed by atoms with E-state index in [0.717, 1.165) is 19.3 Å². The number of aryl methyl sites for hydroxylation is 1. The fourth-order valence-corrected chi connectivity index (χ4v) is 3.20. The van der Waals surface area contributed by atoms with Gasteiger partial charge in [-0.2, -0.15) is 0 Å². The van der Waals surface area contributed by atoms with Crippen molar-refractivity contribution in [3.05, 3.63) is 35.4 Å². The molecule has 1 aromatic rings. The number of hydrogen-bond donors (Lipinski definition) is 2. The standard InChI is InChI=1S/C18H28N2O/c1-3-17(14-10-8-13(2)9-11-14)20-18(21)12-15-6-4-5-7-16(15)19/h8-11,15-17H,3-7,12,19H2,1-2H3,(H,20,21). The fraction of sp³-hybridized carbons (Fsp3) is 0.611. The third kappa shape index (κ3) is 4.57. The van der Waals surface area contributed by atoms with Crippen LogP contribution >= 0.6 is 0 Å².